The lowest BCUT2D eigenvalue weighted by Crippen LogP contribution is -2.08. The number of nitrogens with one attached hydrogen (secondary N) is 1. The summed E-state index contributed by atoms with van der Waals surface area (Å²) in [4.78, 5) is 5.79. The van der Waals surface area contributed by atoms with Gasteiger partial charge in [-0.15, -0.1) is 23.7 Å². The molecule has 0 amide bonds. The predicted octanol–water partition coefficient (Wildman–Crippen LogP) is 3.82. The lowest BCUT2D eigenvalue weighted by Gasteiger charge is -2.10. The lowest BCUT2D eigenvalue weighted by atomic mass is 10.1. The van der Waals surface area contributed by atoms with Crippen molar-refractivity contribution in [1.82, 2.24) is 5.32 Å². The van der Waals surface area contributed by atoms with Crippen LogP contribution in [0.4, 0.5) is 0 Å². The summed E-state index contributed by atoms with van der Waals surface area (Å²) >= 11 is 1.84. The molecule has 0 aliphatic carbocycles. The highest BCUT2D eigenvalue weighted by molar-refractivity contribution is 7.19. The van der Waals surface area contributed by atoms with Gasteiger partial charge in [0.25, 0.3) is 0 Å². The maximum atomic E-state index is 4.44. The average Bonchev–Trinajstić information content (AvgIpc) is 2.69. The summed E-state index contributed by atoms with van der Waals surface area (Å²) in [5.41, 5.74) is 1.36. The van der Waals surface area contributed by atoms with E-state index in [-0.39, 0.29) is 18.4 Å². The third kappa shape index (κ3) is 2.08. The van der Waals surface area contributed by atoms with Gasteiger partial charge in [0, 0.05) is 15.8 Å². The smallest absolute Gasteiger partial charge is 0.106 e. The fraction of sp³-hybridized carbons (Fsp3) is 0.154. The molecule has 88 valence electrons. The molecule has 1 aromatic carbocycles. The molecule has 1 N–H and O–H groups in total. The first kappa shape index (κ1) is 12.1. The van der Waals surface area contributed by atoms with Gasteiger partial charge >= 0.3 is 0 Å². The Bertz CT molecular complexity index is 574. The molecule has 2 nitrogen and oxygen atoms in total. The molecular weight excluding hydrogens is 252 g/mol. The second-order valence-electron chi connectivity index (χ2n) is 3.84. The van der Waals surface area contributed by atoms with Crippen LogP contribution in [0.5, 0.6) is 0 Å². The number of nitrogens with zero attached hydrogens (tertiary/aromatic N) is 1. The number of halogens is 1. The minimum Gasteiger partial charge on any atom is -0.353 e. The molecule has 1 aromatic heterocycles. The van der Waals surface area contributed by atoms with Crippen molar-refractivity contribution in [3.8, 4) is 0 Å². The standard InChI is InChI=1S/C13H12N2S.ClH/c1-9-10-4-2-3-5-12(10)16-13(9)11-6-7-14-8-15-11;/h2-8,11H,1H3,(H,14,15);1H. The fourth-order valence-corrected chi connectivity index (χ4v) is 3.23. The van der Waals surface area contributed by atoms with Gasteiger partial charge in [-0.05, 0) is 30.0 Å². The lowest BCUT2D eigenvalue weighted by molar-refractivity contribution is 0.898. The van der Waals surface area contributed by atoms with Gasteiger partial charge in [0.15, 0.2) is 0 Å². The molecular formula is C13H13ClN2S. The van der Waals surface area contributed by atoms with E-state index in [1.165, 1.54) is 20.5 Å². The van der Waals surface area contributed by atoms with Crippen molar-refractivity contribution in [3.05, 3.63) is 47.0 Å². The van der Waals surface area contributed by atoms with Gasteiger partial charge in [-0.2, -0.15) is 0 Å². The number of rotatable bonds is 1. The molecule has 3 rings (SSSR count). The minimum absolute atomic E-state index is 0. The molecule has 0 saturated heterocycles. The van der Waals surface area contributed by atoms with Crippen molar-refractivity contribution in [2.75, 3.05) is 0 Å². The highest BCUT2D eigenvalue weighted by atomic mass is 35.5. The van der Waals surface area contributed by atoms with Gasteiger partial charge < -0.3 is 5.32 Å². The van der Waals surface area contributed by atoms with E-state index in [1.807, 2.05) is 17.5 Å². The number of fused-ring (bicyclic) bond motifs is 1. The minimum atomic E-state index is 0. The van der Waals surface area contributed by atoms with Crippen molar-refractivity contribution in [2.45, 2.75) is 13.0 Å². The van der Waals surface area contributed by atoms with E-state index in [9.17, 15) is 0 Å². The van der Waals surface area contributed by atoms with Crippen LogP contribution in [-0.4, -0.2) is 6.34 Å². The number of hydrogen-bond donors (Lipinski definition) is 1. The van der Waals surface area contributed by atoms with Gasteiger partial charge in [-0.1, -0.05) is 18.2 Å². The number of thiophene rings is 1. The molecule has 2 aromatic rings. The second kappa shape index (κ2) is 4.90. The Kier molecular flexibility index (Phi) is 3.50. The topological polar surface area (TPSA) is 24.4 Å². The van der Waals surface area contributed by atoms with Crippen LogP contribution >= 0.6 is 23.7 Å². The number of benzene rings is 1. The van der Waals surface area contributed by atoms with Crippen LogP contribution in [0, 0.1) is 6.92 Å². The van der Waals surface area contributed by atoms with E-state index in [2.05, 4.69) is 47.6 Å². The Morgan fingerprint density at radius 2 is 2.12 bits per heavy atom. The Morgan fingerprint density at radius 1 is 1.29 bits per heavy atom. The summed E-state index contributed by atoms with van der Waals surface area (Å²) in [5, 5.41) is 4.32. The van der Waals surface area contributed by atoms with E-state index < -0.39 is 0 Å². The highest BCUT2D eigenvalue weighted by Gasteiger charge is 2.15. The van der Waals surface area contributed by atoms with E-state index in [0.717, 1.165) is 0 Å². The molecule has 1 atom stereocenters. The van der Waals surface area contributed by atoms with Crippen LogP contribution in [0.25, 0.3) is 10.1 Å². The summed E-state index contributed by atoms with van der Waals surface area (Å²) in [6, 6.07) is 8.71. The molecule has 0 spiro atoms. The Hall–Kier alpha value is -1.32. The third-order valence-corrected chi connectivity index (χ3v) is 4.18. The maximum absolute atomic E-state index is 4.44. The normalized spacial score (nSPS) is 17.8. The van der Waals surface area contributed by atoms with Crippen LogP contribution in [0.15, 0.2) is 41.5 Å². The van der Waals surface area contributed by atoms with E-state index >= 15 is 0 Å². The van der Waals surface area contributed by atoms with Gasteiger partial charge in [0.2, 0.25) is 0 Å². The quantitative estimate of drug-likeness (QED) is 0.832. The van der Waals surface area contributed by atoms with Crippen molar-refractivity contribution < 1.29 is 0 Å². The van der Waals surface area contributed by atoms with E-state index in [1.54, 1.807) is 6.34 Å². The van der Waals surface area contributed by atoms with Gasteiger partial charge in [-0.3, -0.25) is 4.99 Å². The third-order valence-electron chi connectivity index (χ3n) is 2.83. The first-order chi connectivity index (χ1) is 7.86. The SMILES string of the molecule is Cc1c(C2C=CNC=N2)sc2ccccc12.Cl. The molecule has 0 fully saturated rings. The van der Waals surface area contributed by atoms with Crippen LogP contribution in [0.3, 0.4) is 0 Å². The fourth-order valence-electron chi connectivity index (χ4n) is 1.99. The van der Waals surface area contributed by atoms with Crippen molar-refractivity contribution >= 4 is 40.2 Å². The summed E-state index contributed by atoms with van der Waals surface area (Å²) in [6.45, 7) is 2.18. The molecule has 1 aliphatic heterocycles. The zero-order valence-electron chi connectivity index (χ0n) is 9.38. The van der Waals surface area contributed by atoms with Crippen molar-refractivity contribution in [1.29, 1.82) is 0 Å². The average molecular weight is 265 g/mol. The predicted molar refractivity (Wildman–Crippen MR) is 77.3 cm³/mol. The van der Waals surface area contributed by atoms with Gasteiger partial charge in [0.1, 0.15) is 6.04 Å². The Balaban J connectivity index is 0.00000108. The van der Waals surface area contributed by atoms with Crippen LogP contribution in [-0.2, 0) is 0 Å². The molecule has 0 bridgehead atoms. The van der Waals surface area contributed by atoms with Gasteiger partial charge in [-0.25, -0.2) is 0 Å². The van der Waals surface area contributed by atoms with Crippen molar-refractivity contribution in [2.24, 2.45) is 4.99 Å². The molecule has 17 heavy (non-hydrogen) atoms. The number of aryl methyl sites for hydroxylation is 1. The summed E-state index contributed by atoms with van der Waals surface area (Å²) < 4.78 is 1.34. The van der Waals surface area contributed by atoms with Crippen LogP contribution in [0.2, 0.25) is 0 Å². The Labute approximate surface area is 110 Å². The molecule has 4 heteroatoms. The number of aliphatic imine (C=N–C) groups is 1. The summed E-state index contributed by atoms with van der Waals surface area (Å²) in [5.74, 6) is 0. The van der Waals surface area contributed by atoms with Gasteiger partial charge in [0.05, 0.1) is 6.34 Å². The summed E-state index contributed by atoms with van der Waals surface area (Å²) in [6.07, 6.45) is 5.80. The second-order valence-corrected chi connectivity index (χ2v) is 4.92. The number of hydrogen-bond acceptors (Lipinski definition) is 3. The molecule has 0 saturated carbocycles. The maximum Gasteiger partial charge on any atom is 0.106 e. The zero-order valence-corrected chi connectivity index (χ0v) is 11.0. The largest absolute Gasteiger partial charge is 0.353 e. The molecule has 1 aliphatic rings. The van der Waals surface area contributed by atoms with Crippen LogP contribution < -0.4 is 5.32 Å². The highest BCUT2D eigenvalue weighted by Crippen LogP contribution is 2.36. The van der Waals surface area contributed by atoms with Crippen LogP contribution in [0.1, 0.15) is 16.5 Å². The Morgan fingerprint density at radius 3 is 2.82 bits per heavy atom. The molecule has 1 unspecified atom stereocenters. The molecule has 0 radical (unpaired) electrons. The van der Waals surface area contributed by atoms with E-state index in [4.69, 9.17) is 0 Å². The first-order valence-electron chi connectivity index (χ1n) is 5.28. The first-order valence-corrected chi connectivity index (χ1v) is 6.10. The molecule has 2 heterocycles. The monoisotopic (exact) mass is 264 g/mol. The van der Waals surface area contributed by atoms with E-state index in [0.29, 0.717) is 0 Å². The zero-order chi connectivity index (χ0) is 11.0. The summed E-state index contributed by atoms with van der Waals surface area (Å²) in [7, 11) is 0. The van der Waals surface area contributed by atoms with Crippen molar-refractivity contribution in [3.63, 3.8) is 0 Å².